The second-order valence-electron chi connectivity index (χ2n) is 4.56. The zero-order valence-electron chi connectivity index (χ0n) is 10.4. The van der Waals surface area contributed by atoms with E-state index < -0.39 is 15.8 Å². The van der Waals surface area contributed by atoms with E-state index in [1.54, 1.807) is 6.92 Å². The van der Waals surface area contributed by atoms with Crippen molar-refractivity contribution in [3.8, 4) is 0 Å². The fourth-order valence-corrected chi connectivity index (χ4v) is 4.16. The molecule has 6 heteroatoms. The zero-order chi connectivity index (χ0) is 14.1. The average Bonchev–Trinajstić information content (AvgIpc) is 2.19. The van der Waals surface area contributed by atoms with E-state index in [-0.39, 0.29) is 22.1 Å². The molecule has 1 aromatic carbocycles. The third-order valence-electron chi connectivity index (χ3n) is 2.43. The molecule has 1 N–H and O–H groups in total. The molecule has 18 heavy (non-hydrogen) atoms. The van der Waals surface area contributed by atoms with E-state index in [1.165, 1.54) is 12.1 Å². The van der Waals surface area contributed by atoms with E-state index >= 15 is 0 Å². The first-order valence-corrected chi connectivity index (χ1v) is 7.86. The first-order chi connectivity index (χ1) is 8.15. The highest BCUT2D eigenvalue weighted by molar-refractivity contribution is 9.10. The second kappa shape index (κ2) is 5.40. The van der Waals surface area contributed by atoms with E-state index in [0.29, 0.717) is 10.0 Å². The summed E-state index contributed by atoms with van der Waals surface area (Å²) < 4.78 is 24.8. The van der Waals surface area contributed by atoms with Gasteiger partial charge in [-0.15, -0.1) is 0 Å². The standard InChI is InChI=1S/C12H15BrO4S/c1-7(2)6-18(16,17)11-5-9(12(14)15)4-10(13)8(11)3/h4-5,7H,6H2,1-3H3,(H,14,15). The van der Waals surface area contributed by atoms with Gasteiger partial charge in [0.15, 0.2) is 9.84 Å². The Balaban J connectivity index is 3.45. The molecule has 0 radical (unpaired) electrons. The van der Waals surface area contributed by atoms with Crippen molar-refractivity contribution in [2.75, 3.05) is 5.75 Å². The number of aromatic carboxylic acids is 1. The van der Waals surface area contributed by atoms with Gasteiger partial charge in [0.1, 0.15) is 0 Å². The van der Waals surface area contributed by atoms with Crippen LogP contribution in [0.15, 0.2) is 21.5 Å². The van der Waals surface area contributed by atoms with Gasteiger partial charge >= 0.3 is 5.97 Å². The van der Waals surface area contributed by atoms with E-state index in [1.807, 2.05) is 13.8 Å². The Hall–Kier alpha value is -0.880. The Kier molecular flexibility index (Phi) is 4.55. The van der Waals surface area contributed by atoms with Crippen LogP contribution in [0.2, 0.25) is 0 Å². The smallest absolute Gasteiger partial charge is 0.335 e. The largest absolute Gasteiger partial charge is 0.478 e. The van der Waals surface area contributed by atoms with Gasteiger partial charge in [0.2, 0.25) is 0 Å². The van der Waals surface area contributed by atoms with Gasteiger partial charge < -0.3 is 5.11 Å². The molecule has 0 spiro atoms. The third-order valence-corrected chi connectivity index (χ3v) is 5.45. The first kappa shape index (κ1) is 15.2. The van der Waals surface area contributed by atoms with Gasteiger partial charge in [-0.2, -0.15) is 0 Å². The van der Waals surface area contributed by atoms with Gasteiger partial charge in [-0.25, -0.2) is 13.2 Å². The zero-order valence-corrected chi connectivity index (χ0v) is 12.8. The minimum absolute atomic E-state index is 0.00333. The molecule has 0 aliphatic rings. The lowest BCUT2D eigenvalue weighted by atomic mass is 10.1. The van der Waals surface area contributed by atoms with Crippen LogP contribution in [0.1, 0.15) is 29.8 Å². The van der Waals surface area contributed by atoms with Crippen molar-refractivity contribution in [2.45, 2.75) is 25.7 Å². The Morgan fingerprint density at radius 2 is 1.94 bits per heavy atom. The third kappa shape index (κ3) is 3.32. The number of carbonyl (C=O) groups is 1. The summed E-state index contributed by atoms with van der Waals surface area (Å²) in [6.07, 6.45) is 0. The first-order valence-electron chi connectivity index (χ1n) is 5.41. The predicted molar refractivity (Wildman–Crippen MR) is 72.7 cm³/mol. The van der Waals surface area contributed by atoms with Crippen LogP contribution in [0.3, 0.4) is 0 Å². The molecular weight excluding hydrogens is 320 g/mol. The van der Waals surface area contributed by atoms with Crippen molar-refractivity contribution >= 4 is 31.7 Å². The lowest BCUT2D eigenvalue weighted by molar-refractivity contribution is 0.0696. The Morgan fingerprint density at radius 1 is 1.39 bits per heavy atom. The molecule has 0 fully saturated rings. The summed E-state index contributed by atoms with van der Waals surface area (Å²) in [6.45, 7) is 5.27. The molecule has 0 aliphatic carbocycles. The van der Waals surface area contributed by atoms with Crippen molar-refractivity contribution in [1.82, 2.24) is 0 Å². The quantitative estimate of drug-likeness (QED) is 0.918. The van der Waals surface area contributed by atoms with Crippen LogP contribution < -0.4 is 0 Å². The maximum atomic E-state index is 12.2. The van der Waals surface area contributed by atoms with Crippen molar-refractivity contribution in [3.05, 3.63) is 27.7 Å². The van der Waals surface area contributed by atoms with E-state index in [9.17, 15) is 13.2 Å². The second-order valence-corrected chi connectivity index (χ2v) is 7.42. The summed E-state index contributed by atoms with van der Waals surface area (Å²) in [7, 11) is -3.46. The monoisotopic (exact) mass is 334 g/mol. The van der Waals surface area contributed by atoms with Crippen molar-refractivity contribution in [2.24, 2.45) is 5.92 Å². The number of carboxylic acid groups (broad SMARTS) is 1. The van der Waals surface area contributed by atoms with Gasteiger partial charge in [-0.3, -0.25) is 0 Å². The molecule has 0 unspecified atom stereocenters. The molecule has 4 nitrogen and oxygen atoms in total. The number of sulfone groups is 1. The van der Waals surface area contributed by atoms with Crippen LogP contribution in [-0.2, 0) is 9.84 Å². The molecule has 1 aromatic rings. The molecule has 0 heterocycles. The number of halogens is 1. The van der Waals surface area contributed by atoms with Crippen molar-refractivity contribution in [1.29, 1.82) is 0 Å². The van der Waals surface area contributed by atoms with Crippen molar-refractivity contribution in [3.63, 3.8) is 0 Å². The molecule has 1 rings (SSSR count). The Bertz CT molecular complexity index is 576. The fourth-order valence-electron chi connectivity index (χ4n) is 1.63. The summed E-state index contributed by atoms with van der Waals surface area (Å²) in [5.41, 5.74) is 0.510. The van der Waals surface area contributed by atoms with Gasteiger partial charge in [0.05, 0.1) is 16.2 Å². The van der Waals surface area contributed by atoms with Gasteiger partial charge in [-0.1, -0.05) is 29.8 Å². The summed E-state index contributed by atoms with van der Waals surface area (Å²) in [5.74, 6) is -1.15. The highest BCUT2D eigenvalue weighted by Crippen LogP contribution is 2.27. The highest BCUT2D eigenvalue weighted by Gasteiger charge is 2.22. The van der Waals surface area contributed by atoms with Crippen LogP contribution >= 0.6 is 15.9 Å². The number of hydrogen-bond donors (Lipinski definition) is 1. The van der Waals surface area contributed by atoms with Crippen LogP contribution in [0.5, 0.6) is 0 Å². The van der Waals surface area contributed by atoms with E-state index in [2.05, 4.69) is 15.9 Å². The van der Waals surface area contributed by atoms with Crippen LogP contribution in [0.25, 0.3) is 0 Å². The Labute approximate surface area is 115 Å². The number of carboxylic acids is 1. The lowest BCUT2D eigenvalue weighted by Crippen LogP contribution is -2.14. The summed E-state index contributed by atoms with van der Waals surface area (Å²) >= 11 is 3.20. The minimum atomic E-state index is -3.46. The SMILES string of the molecule is Cc1c(Br)cc(C(=O)O)cc1S(=O)(=O)CC(C)C. The molecule has 0 saturated carbocycles. The summed E-state index contributed by atoms with van der Waals surface area (Å²) in [6, 6.07) is 2.63. The van der Waals surface area contributed by atoms with Crippen molar-refractivity contribution < 1.29 is 18.3 Å². The number of rotatable bonds is 4. The van der Waals surface area contributed by atoms with Gasteiger partial charge in [-0.05, 0) is 30.5 Å². The molecule has 0 aliphatic heterocycles. The topological polar surface area (TPSA) is 71.4 Å². The molecule has 0 atom stereocenters. The molecular formula is C12H15BrO4S. The maximum absolute atomic E-state index is 12.2. The summed E-state index contributed by atoms with van der Waals surface area (Å²) in [4.78, 5) is 11.0. The highest BCUT2D eigenvalue weighted by atomic mass is 79.9. The summed E-state index contributed by atoms with van der Waals surface area (Å²) in [5, 5.41) is 8.96. The van der Waals surface area contributed by atoms with Gasteiger partial charge in [0, 0.05) is 4.47 Å². The van der Waals surface area contributed by atoms with Crippen LogP contribution in [0, 0.1) is 12.8 Å². The lowest BCUT2D eigenvalue weighted by Gasteiger charge is -2.12. The average molecular weight is 335 g/mol. The number of hydrogen-bond acceptors (Lipinski definition) is 3. The fraction of sp³-hybridized carbons (Fsp3) is 0.417. The number of benzene rings is 1. The predicted octanol–water partition coefficient (Wildman–Crippen LogP) is 2.89. The normalized spacial score (nSPS) is 11.8. The molecule has 0 amide bonds. The van der Waals surface area contributed by atoms with E-state index in [4.69, 9.17) is 5.11 Å². The Morgan fingerprint density at radius 3 is 2.39 bits per heavy atom. The molecule has 0 saturated heterocycles. The van der Waals surface area contributed by atoms with Crippen LogP contribution in [-0.4, -0.2) is 25.2 Å². The van der Waals surface area contributed by atoms with Gasteiger partial charge in [0.25, 0.3) is 0 Å². The minimum Gasteiger partial charge on any atom is -0.478 e. The van der Waals surface area contributed by atoms with Crippen LogP contribution in [0.4, 0.5) is 0 Å². The molecule has 0 bridgehead atoms. The molecule has 100 valence electrons. The maximum Gasteiger partial charge on any atom is 0.335 e. The molecule has 0 aromatic heterocycles. The van der Waals surface area contributed by atoms with E-state index in [0.717, 1.165) is 0 Å².